The first-order valence-electron chi connectivity index (χ1n) is 9.54. The molecule has 1 atom stereocenters. The summed E-state index contributed by atoms with van der Waals surface area (Å²) in [4.78, 5) is 12.8. The molecule has 5 heteroatoms. The minimum Gasteiger partial charge on any atom is -0.347 e. The predicted octanol–water partition coefficient (Wildman–Crippen LogP) is 6.09. The van der Waals surface area contributed by atoms with Gasteiger partial charge in [0, 0.05) is 22.9 Å². The first kappa shape index (κ1) is 19.7. The quantitative estimate of drug-likeness (QED) is 0.648. The highest BCUT2D eigenvalue weighted by Gasteiger charge is 2.39. The summed E-state index contributed by atoms with van der Waals surface area (Å²) in [6.45, 7) is 2.60. The van der Waals surface area contributed by atoms with Gasteiger partial charge in [-0.05, 0) is 49.8 Å². The van der Waals surface area contributed by atoms with E-state index < -0.39 is 23.8 Å². The van der Waals surface area contributed by atoms with Crippen LogP contribution in [0.2, 0.25) is 0 Å². The lowest BCUT2D eigenvalue weighted by Crippen LogP contribution is -2.50. The molecule has 1 aliphatic rings. The Morgan fingerprint density at radius 2 is 1.85 bits per heavy atom. The monoisotopic (exact) mass is 377 g/mol. The molecule has 1 fully saturated rings. The summed E-state index contributed by atoms with van der Waals surface area (Å²) < 4.78 is 41.4. The fraction of sp³-hybridized carbons (Fsp3) is 0.500. The summed E-state index contributed by atoms with van der Waals surface area (Å²) in [7, 11) is 0. The van der Waals surface area contributed by atoms with Crippen molar-refractivity contribution < 1.29 is 18.0 Å². The maximum absolute atomic E-state index is 13.8. The number of benzene rings is 2. The van der Waals surface area contributed by atoms with Gasteiger partial charge in [-0.2, -0.15) is 0 Å². The molecule has 0 aliphatic heterocycles. The fourth-order valence-corrected chi connectivity index (χ4v) is 4.44. The van der Waals surface area contributed by atoms with Gasteiger partial charge in [0.25, 0.3) is 5.91 Å². The smallest absolute Gasteiger partial charge is 0.251 e. The summed E-state index contributed by atoms with van der Waals surface area (Å²) in [6.07, 6.45) is 4.43. The average Bonchev–Trinajstić information content (AvgIpc) is 3.05. The summed E-state index contributed by atoms with van der Waals surface area (Å²) in [5, 5.41) is 3.90. The number of fused-ring (bicyclic) bond motifs is 1. The molecular formula is C22H26F3NO. The Labute approximate surface area is 158 Å². The number of carbonyl (C=O) groups is 1. The molecule has 2 aromatic carbocycles. The van der Waals surface area contributed by atoms with Gasteiger partial charge in [0.15, 0.2) is 0 Å². The third-order valence-corrected chi connectivity index (χ3v) is 5.42. The van der Waals surface area contributed by atoms with Gasteiger partial charge in [0.2, 0.25) is 5.92 Å². The Balaban J connectivity index is 1.82. The minimum absolute atomic E-state index is 0.351. The van der Waals surface area contributed by atoms with Crippen molar-refractivity contribution in [1.29, 1.82) is 0 Å². The lowest BCUT2D eigenvalue weighted by molar-refractivity contribution is -0.0162. The van der Waals surface area contributed by atoms with Gasteiger partial charge in [-0.3, -0.25) is 4.79 Å². The number of hydrogen-bond acceptors (Lipinski definition) is 1. The molecule has 0 bridgehead atoms. The van der Waals surface area contributed by atoms with E-state index in [9.17, 15) is 18.0 Å². The summed E-state index contributed by atoms with van der Waals surface area (Å²) in [5.41, 5.74) is -0.633. The third kappa shape index (κ3) is 5.02. The lowest BCUT2D eigenvalue weighted by Gasteiger charge is -2.35. The molecule has 146 valence electrons. The molecule has 0 heterocycles. The van der Waals surface area contributed by atoms with Crippen molar-refractivity contribution in [2.24, 2.45) is 5.92 Å². The van der Waals surface area contributed by atoms with E-state index >= 15 is 0 Å². The van der Waals surface area contributed by atoms with E-state index in [-0.39, 0.29) is 5.82 Å². The molecule has 27 heavy (non-hydrogen) atoms. The maximum Gasteiger partial charge on any atom is 0.251 e. The van der Waals surface area contributed by atoms with Crippen LogP contribution in [0.5, 0.6) is 0 Å². The first-order chi connectivity index (χ1) is 12.7. The number of nitrogens with one attached hydrogen (secondary N) is 1. The Bertz CT molecular complexity index is 824. The molecule has 1 unspecified atom stereocenters. The van der Waals surface area contributed by atoms with E-state index in [0.717, 1.165) is 32.6 Å². The van der Waals surface area contributed by atoms with Crippen molar-refractivity contribution in [3.8, 4) is 0 Å². The zero-order valence-corrected chi connectivity index (χ0v) is 15.8. The third-order valence-electron chi connectivity index (χ3n) is 5.42. The van der Waals surface area contributed by atoms with Crippen LogP contribution in [0.1, 0.15) is 62.7 Å². The van der Waals surface area contributed by atoms with Crippen LogP contribution >= 0.6 is 0 Å². The van der Waals surface area contributed by atoms with Crippen LogP contribution in [-0.2, 0) is 0 Å². The average molecular weight is 377 g/mol. The molecule has 0 aromatic heterocycles. The summed E-state index contributed by atoms with van der Waals surface area (Å²) >= 11 is 0. The second-order valence-electron chi connectivity index (χ2n) is 8.29. The van der Waals surface area contributed by atoms with Crippen LogP contribution in [0.4, 0.5) is 13.2 Å². The van der Waals surface area contributed by atoms with Crippen molar-refractivity contribution in [3.63, 3.8) is 0 Å². The van der Waals surface area contributed by atoms with Gasteiger partial charge in [-0.25, -0.2) is 13.2 Å². The van der Waals surface area contributed by atoms with Crippen LogP contribution in [-0.4, -0.2) is 17.4 Å². The van der Waals surface area contributed by atoms with Gasteiger partial charge in [0.05, 0.1) is 0 Å². The van der Waals surface area contributed by atoms with Crippen LogP contribution in [0.25, 0.3) is 10.8 Å². The molecule has 1 N–H and O–H groups in total. The van der Waals surface area contributed by atoms with Crippen molar-refractivity contribution in [1.82, 2.24) is 5.32 Å². The van der Waals surface area contributed by atoms with E-state index in [1.54, 1.807) is 37.3 Å². The topological polar surface area (TPSA) is 29.1 Å². The molecule has 3 rings (SSSR count). The predicted molar refractivity (Wildman–Crippen MR) is 102 cm³/mol. The summed E-state index contributed by atoms with van der Waals surface area (Å²) in [5.74, 6) is -3.25. The van der Waals surface area contributed by atoms with Gasteiger partial charge >= 0.3 is 0 Å². The second-order valence-corrected chi connectivity index (χ2v) is 8.29. The lowest BCUT2D eigenvalue weighted by atomic mass is 9.83. The van der Waals surface area contributed by atoms with Gasteiger partial charge in [-0.1, -0.05) is 43.9 Å². The molecule has 2 aromatic rings. The van der Waals surface area contributed by atoms with Crippen LogP contribution in [0, 0.1) is 11.7 Å². The molecule has 0 saturated heterocycles. The van der Waals surface area contributed by atoms with Gasteiger partial charge < -0.3 is 5.32 Å². The van der Waals surface area contributed by atoms with Gasteiger partial charge in [-0.15, -0.1) is 0 Å². The number of amides is 1. The van der Waals surface area contributed by atoms with E-state index in [4.69, 9.17) is 0 Å². The standard InChI is InChI=1S/C22H26F3NO/c1-21(14-22(2,24)25,13-15-6-3-4-7-15)26-20(27)17-10-11-18-16(12-17)8-5-9-19(18)23/h5,8-12,15H,3-4,6-7,13-14H2,1-2H3,(H,26,27). The Morgan fingerprint density at radius 3 is 2.52 bits per heavy atom. The SMILES string of the molecule is CC(F)(F)CC(C)(CC1CCCC1)NC(=O)c1ccc2c(F)cccc2c1. The van der Waals surface area contributed by atoms with Crippen LogP contribution in [0.15, 0.2) is 36.4 Å². The highest BCUT2D eigenvalue weighted by molar-refractivity contribution is 5.99. The normalized spacial score (nSPS) is 17.8. The Kier molecular flexibility index (Phi) is 5.50. The Morgan fingerprint density at radius 1 is 1.15 bits per heavy atom. The van der Waals surface area contributed by atoms with Crippen LogP contribution < -0.4 is 5.32 Å². The summed E-state index contributed by atoms with van der Waals surface area (Å²) in [6, 6.07) is 9.38. The second kappa shape index (κ2) is 7.53. The largest absolute Gasteiger partial charge is 0.347 e. The van der Waals surface area contributed by atoms with Crippen molar-refractivity contribution >= 4 is 16.7 Å². The molecule has 1 aliphatic carbocycles. The number of alkyl halides is 2. The molecule has 0 spiro atoms. The minimum atomic E-state index is -2.87. The number of halogens is 3. The molecular weight excluding hydrogens is 351 g/mol. The zero-order valence-electron chi connectivity index (χ0n) is 15.8. The van der Waals surface area contributed by atoms with Crippen molar-refractivity contribution in [3.05, 3.63) is 47.8 Å². The molecule has 2 nitrogen and oxygen atoms in total. The number of carbonyl (C=O) groups excluding carboxylic acids is 1. The van der Waals surface area contributed by atoms with Gasteiger partial charge in [0.1, 0.15) is 5.82 Å². The van der Waals surface area contributed by atoms with E-state index in [1.807, 2.05) is 0 Å². The number of rotatable bonds is 6. The fourth-order valence-electron chi connectivity index (χ4n) is 4.44. The molecule has 1 amide bonds. The van der Waals surface area contributed by atoms with Crippen LogP contribution in [0.3, 0.4) is 0 Å². The maximum atomic E-state index is 13.8. The Hall–Kier alpha value is -2.04. The van der Waals surface area contributed by atoms with E-state index in [0.29, 0.717) is 28.7 Å². The van der Waals surface area contributed by atoms with E-state index in [1.165, 1.54) is 6.07 Å². The number of hydrogen-bond donors (Lipinski definition) is 1. The first-order valence-corrected chi connectivity index (χ1v) is 9.54. The van der Waals surface area contributed by atoms with Crippen molar-refractivity contribution in [2.45, 2.75) is 63.8 Å². The zero-order chi connectivity index (χ0) is 19.7. The molecule has 1 saturated carbocycles. The van der Waals surface area contributed by atoms with E-state index in [2.05, 4.69) is 5.32 Å². The highest BCUT2D eigenvalue weighted by atomic mass is 19.3. The molecule has 0 radical (unpaired) electrons. The highest BCUT2D eigenvalue weighted by Crippen LogP contribution is 2.36. The van der Waals surface area contributed by atoms with Crippen molar-refractivity contribution in [2.75, 3.05) is 0 Å².